The summed E-state index contributed by atoms with van der Waals surface area (Å²) in [6.07, 6.45) is 1.51. The maximum atomic E-state index is 13.0. The highest BCUT2D eigenvalue weighted by atomic mass is 16.2. The van der Waals surface area contributed by atoms with Gasteiger partial charge in [0.05, 0.1) is 11.1 Å². The molecule has 0 saturated heterocycles. The minimum Gasteiger partial charge on any atom is -0.368 e. The molecule has 4 aromatic rings. The number of nitrogens with one attached hydrogen (secondary N) is 1. The normalized spacial score (nSPS) is 11.9. The highest BCUT2D eigenvalue weighted by Gasteiger charge is 2.31. The molecule has 0 bridgehead atoms. The van der Waals surface area contributed by atoms with Gasteiger partial charge in [-0.05, 0) is 23.3 Å². The lowest BCUT2D eigenvalue weighted by Crippen LogP contribution is -2.48. The average Bonchev–Trinajstić information content (AvgIpc) is 2.79. The summed E-state index contributed by atoms with van der Waals surface area (Å²) >= 11 is 0. The van der Waals surface area contributed by atoms with Crippen LogP contribution in [0.2, 0.25) is 0 Å². The number of fused-ring (bicyclic) bond motifs is 1. The number of carbonyl (C=O) groups excluding carboxylic acids is 2. The maximum Gasteiger partial charge on any atom is 0.253 e. The van der Waals surface area contributed by atoms with Crippen LogP contribution in [0.5, 0.6) is 0 Å². The highest BCUT2D eigenvalue weighted by molar-refractivity contribution is 5.99. The lowest BCUT2D eigenvalue weighted by molar-refractivity contribution is -0.120. The van der Waals surface area contributed by atoms with Gasteiger partial charge in [0.2, 0.25) is 5.91 Å². The van der Waals surface area contributed by atoms with Gasteiger partial charge in [-0.25, -0.2) is 0 Å². The number of nitrogens with zero attached hydrogens (tertiary/aromatic N) is 1. The second kappa shape index (κ2) is 8.57. The third kappa shape index (κ3) is 4.05. The zero-order valence-corrected chi connectivity index (χ0v) is 16.2. The molecule has 1 heterocycles. The van der Waals surface area contributed by atoms with Crippen LogP contribution in [-0.4, -0.2) is 22.8 Å². The van der Waals surface area contributed by atoms with Crippen molar-refractivity contribution in [3.8, 4) is 0 Å². The van der Waals surface area contributed by atoms with Crippen molar-refractivity contribution in [2.45, 2.75) is 12.0 Å². The van der Waals surface area contributed by atoms with Crippen LogP contribution in [0.25, 0.3) is 10.9 Å². The fraction of sp³-hybridized carbons (Fsp3) is 0.0800. The summed E-state index contributed by atoms with van der Waals surface area (Å²) in [4.78, 5) is 29.8. The summed E-state index contributed by atoms with van der Waals surface area (Å²) in [6, 6.07) is 27.5. The minimum absolute atomic E-state index is 0.375. The Balaban J connectivity index is 1.70. The van der Waals surface area contributed by atoms with Gasteiger partial charge >= 0.3 is 0 Å². The molecular formula is C25H21N3O2. The third-order valence-electron chi connectivity index (χ3n) is 5.10. The smallest absolute Gasteiger partial charge is 0.253 e. The SMILES string of the molecule is NC(=O)[C@@H](NC(=O)c1cnc2ccccc2c1)C(c1ccccc1)c1ccccc1. The molecule has 0 radical (unpaired) electrons. The third-order valence-corrected chi connectivity index (χ3v) is 5.10. The molecule has 1 atom stereocenters. The monoisotopic (exact) mass is 395 g/mol. The van der Waals surface area contributed by atoms with E-state index in [1.807, 2.05) is 84.9 Å². The lowest BCUT2D eigenvalue weighted by Gasteiger charge is -2.26. The van der Waals surface area contributed by atoms with Crippen molar-refractivity contribution < 1.29 is 9.59 Å². The molecule has 148 valence electrons. The van der Waals surface area contributed by atoms with Crippen LogP contribution in [0.15, 0.2) is 97.2 Å². The van der Waals surface area contributed by atoms with E-state index < -0.39 is 23.8 Å². The van der Waals surface area contributed by atoms with Crippen LogP contribution in [0.1, 0.15) is 27.4 Å². The molecule has 0 spiro atoms. The van der Waals surface area contributed by atoms with Gasteiger partial charge in [-0.1, -0.05) is 78.9 Å². The van der Waals surface area contributed by atoms with Crippen molar-refractivity contribution in [2.75, 3.05) is 0 Å². The largest absolute Gasteiger partial charge is 0.368 e. The van der Waals surface area contributed by atoms with E-state index in [1.165, 1.54) is 6.20 Å². The summed E-state index contributed by atoms with van der Waals surface area (Å²) in [5.41, 5.74) is 8.72. The number of nitrogens with two attached hydrogens (primary N) is 1. The van der Waals surface area contributed by atoms with Gasteiger partial charge in [-0.3, -0.25) is 14.6 Å². The number of hydrogen-bond acceptors (Lipinski definition) is 3. The number of pyridine rings is 1. The average molecular weight is 395 g/mol. The summed E-state index contributed by atoms with van der Waals surface area (Å²) in [7, 11) is 0. The second-order valence-electron chi connectivity index (χ2n) is 7.07. The van der Waals surface area contributed by atoms with Gasteiger partial charge in [0.25, 0.3) is 5.91 Å². The van der Waals surface area contributed by atoms with Crippen molar-refractivity contribution in [3.63, 3.8) is 0 Å². The Morgan fingerprint density at radius 3 is 1.97 bits per heavy atom. The number of benzene rings is 3. The quantitative estimate of drug-likeness (QED) is 0.523. The Bertz CT molecular complexity index is 1140. The van der Waals surface area contributed by atoms with Crippen LogP contribution in [-0.2, 0) is 4.79 Å². The first kappa shape index (κ1) is 19.3. The van der Waals surface area contributed by atoms with E-state index in [0.29, 0.717) is 5.56 Å². The summed E-state index contributed by atoms with van der Waals surface area (Å²) in [6.45, 7) is 0. The van der Waals surface area contributed by atoms with Crippen LogP contribution in [0.3, 0.4) is 0 Å². The standard InChI is InChI=1S/C25H21N3O2/c26-24(29)23(22(17-9-3-1-4-10-17)18-11-5-2-6-12-18)28-25(30)20-15-19-13-7-8-14-21(19)27-16-20/h1-16,22-23H,(H2,26,29)(H,28,30)/t23-/m0/s1. The first-order valence-electron chi connectivity index (χ1n) is 9.68. The fourth-order valence-electron chi connectivity index (χ4n) is 3.64. The molecule has 0 aliphatic rings. The zero-order chi connectivity index (χ0) is 20.9. The van der Waals surface area contributed by atoms with Crippen molar-refractivity contribution in [1.82, 2.24) is 10.3 Å². The van der Waals surface area contributed by atoms with Gasteiger partial charge in [0.1, 0.15) is 6.04 Å². The van der Waals surface area contributed by atoms with Crippen LogP contribution in [0, 0.1) is 0 Å². The minimum atomic E-state index is -0.922. The molecular weight excluding hydrogens is 374 g/mol. The number of rotatable bonds is 6. The predicted octanol–water partition coefficient (Wildman–Crippen LogP) is 3.65. The summed E-state index contributed by atoms with van der Waals surface area (Å²) in [5, 5.41) is 3.69. The highest BCUT2D eigenvalue weighted by Crippen LogP contribution is 2.28. The van der Waals surface area contributed by atoms with E-state index >= 15 is 0 Å². The molecule has 0 aliphatic carbocycles. The Morgan fingerprint density at radius 1 is 0.800 bits per heavy atom. The van der Waals surface area contributed by atoms with E-state index in [2.05, 4.69) is 10.3 Å². The predicted molar refractivity (Wildman–Crippen MR) is 117 cm³/mol. The maximum absolute atomic E-state index is 13.0. The van der Waals surface area contributed by atoms with E-state index in [1.54, 1.807) is 6.07 Å². The van der Waals surface area contributed by atoms with Crippen LogP contribution >= 0.6 is 0 Å². The number of amides is 2. The number of aromatic nitrogens is 1. The Labute approximate surface area is 174 Å². The van der Waals surface area contributed by atoms with Crippen LogP contribution in [0.4, 0.5) is 0 Å². The Kier molecular flexibility index (Phi) is 5.52. The first-order chi connectivity index (χ1) is 14.6. The first-order valence-corrected chi connectivity index (χ1v) is 9.68. The van der Waals surface area contributed by atoms with Crippen molar-refractivity contribution in [2.24, 2.45) is 5.73 Å². The molecule has 0 aliphatic heterocycles. The number of para-hydroxylation sites is 1. The number of hydrogen-bond donors (Lipinski definition) is 2. The van der Waals surface area contributed by atoms with Gasteiger partial charge in [0, 0.05) is 17.5 Å². The van der Waals surface area contributed by atoms with Gasteiger partial charge in [0.15, 0.2) is 0 Å². The van der Waals surface area contributed by atoms with Gasteiger partial charge in [-0.15, -0.1) is 0 Å². The molecule has 2 amide bonds. The van der Waals surface area contributed by atoms with Crippen molar-refractivity contribution in [1.29, 1.82) is 0 Å². The molecule has 5 heteroatoms. The van der Waals surface area contributed by atoms with E-state index in [4.69, 9.17) is 5.73 Å². The topological polar surface area (TPSA) is 85.1 Å². The molecule has 0 saturated carbocycles. The second-order valence-corrected chi connectivity index (χ2v) is 7.07. The molecule has 0 fully saturated rings. The van der Waals surface area contributed by atoms with E-state index in [9.17, 15) is 9.59 Å². The van der Waals surface area contributed by atoms with E-state index in [0.717, 1.165) is 22.0 Å². The molecule has 5 nitrogen and oxygen atoms in total. The van der Waals surface area contributed by atoms with Crippen molar-refractivity contribution in [3.05, 3.63) is 114 Å². The van der Waals surface area contributed by atoms with Crippen LogP contribution < -0.4 is 11.1 Å². The molecule has 1 aromatic heterocycles. The van der Waals surface area contributed by atoms with E-state index in [-0.39, 0.29) is 0 Å². The Morgan fingerprint density at radius 2 is 1.37 bits per heavy atom. The molecule has 3 N–H and O–H groups in total. The summed E-state index contributed by atoms with van der Waals surface area (Å²) < 4.78 is 0. The molecule has 30 heavy (non-hydrogen) atoms. The fourth-order valence-corrected chi connectivity index (χ4v) is 3.64. The number of carbonyl (C=O) groups is 2. The van der Waals surface area contributed by atoms with Gasteiger partial charge < -0.3 is 11.1 Å². The zero-order valence-electron chi connectivity index (χ0n) is 16.2. The van der Waals surface area contributed by atoms with Crippen molar-refractivity contribution >= 4 is 22.7 Å². The Hall–Kier alpha value is -3.99. The molecule has 4 rings (SSSR count). The summed E-state index contributed by atoms with van der Waals surface area (Å²) in [5.74, 6) is -1.41. The number of primary amides is 1. The lowest BCUT2D eigenvalue weighted by atomic mass is 9.84. The molecule has 3 aromatic carbocycles. The molecule has 0 unspecified atom stereocenters. The van der Waals surface area contributed by atoms with Gasteiger partial charge in [-0.2, -0.15) is 0 Å².